The Balaban J connectivity index is 2.55. The SMILES string of the molecule is CCNC(c1ccc(C)c(F)c1F)c1ncccc1F. The van der Waals surface area contributed by atoms with Crippen molar-refractivity contribution in [2.45, 2.75) is 19.9 Å². The van der Waals surface area contributed by atoms with E-state index >= 15 is 0 Å². The van der Waals surface area contributed by atoms with Gasteiger partial charge in [-0.25, -0.2) is 13.2 Å². The summed E-state index contributed by atoms with van der Waals surface area (Å²) in [6.45, 7) is 3.75. The van der Waals surface area contributed by atoms with Crippen LogP contribution in [0, 0.1) is 24.4 Å². The van der Waals surface area contributed by atoms with Gasteiger partial charge in [0, 0.05) is 11.8 Å². The largest absolute Gasteiger partial charge is 0.305 e. The Morgan fingerprint density at radius 1 is 1.15 bits per heavy atom. The molecule has 5 heteroatoms. The van der Waals surface area contributed by atoms with Crippen LogP contribution in [0.25, 0.3) is 0 Å². The third-order valence-electron chi connectivity index (χ3n) is 3.08. The molecule has 0 aliphatic carbocycles. The van der Waals surface area contributed by atoms with Crippen LogP contribution < -0.4 is 5.32 Å². The van der Waals surface area contributed by atoms with Gasteiger partial charge in [0.05, 0.1) is 11.7 Å². The molecule has 0 aliphatic rings. The van der Waals surface area contributed by atoms with Gasteiger partial charge < -0.3 is 5.32 Å². The molecule has 2 rings (SSSR count). The molecular formula is C15H15F3N2. The number of nitrogens with zero attached hydrogens (tertiary/aromatic N) is 1. The molecular weight excluding hydrogens is 265 g/mol. The van der Waals surface area contributed by atoms with E-state index in [0.717, 1.165) is 0 Å². The number of aromatic nitrogens is 1. The quantitative estimate of drug-likeness (QED) is 0.927. The maximum absolute atomic E-state index is 14.1. The number of hydrogen-bond acceptors (Lipinski definition) is 2. The van der Waals surface area contributed by atoms with Crippen molar-refractivity contribution in [2.24, 2.45) is 0 Å². The molecule has 0 saturated carbocycles. The second-order valence-electron chi connectivity index (χ2n) is 4.46. The molecule has 2 aromatic rings. The first-order chi connectivity index (χ1) is 9.56. The fourth-order valence-corrected chi connectivity index (χ4v) is 2.05. The molecule has 1 aromatic carbocycles. The van der Waals surface area contributed by atoms with Crippen molar-refractivity contribution >= 4 is 0 Å². The van der Waals surface area contributed by atoms with Crippen LogP contribution >= 0.6 is 0 Å². The van der Waals surface area contributed by atoms with Crippen molar-refractivity contribution in [1.82, 2.24) is 10.3 Å². The third kappa shape index (κ3) is 2.67. The van der Waals surface area contributed by atoms with Gasteiger partial charge in [-0.2, -0.15) is 0 Å². The molecule has 1 aromatic heterocycles. The van der Waals surface area contributed by atoms with E-state index in [9.17, 15) is 13.2 Å². The number of halogens is 3. The summed E-state index contributed by atoms with van der Waals surface area (Å²) in [5.74, 6) is -2.44. The first-order valence-electron chi connectivity index (χ1n) is 6.34. The third-order valence-corrected chi connectivity index (χ3v) is 3.08. The van der Waals surface area contributed by atoms with Gasteiger partial charge in [-0.05, 0) is 31.2 Å². The topological polar surface area (TPSA) is 24.9 Å². The number of aryl methyl sites for hydroxylation is 1. The Hall–Kier alpha value is -1.88. The standard InChI is InChI=1S/C15H15F3N2/c1-3-19-14(15-11(16)5-4-8-20-15)10-7-6-9(2)12(17)13(10)18/h4-8,14,19H,3H2,1-2H3. The summed E-state index contributed by atoms with van der Waals surface area (Å²) in [5, 5.41) is 2.93. The highest BCUT2D eigenvalue weighted by molar-refractivity contribution is 5.33. The van der Waals surface area contributed by atoms with Crippen LogP contribution in [-0.4, -0.2) is 11.5 Å². The number of hydrogen-bond donors (Lipinski definition) is 1. The minimum Gasteiger partial charge on any atom is -0.305 e. The van der Waals surface area contributed by atoms with Crippen molar-refractivity contribution in [2.75, 3.05) is 6.54 Å². The van der Waals surface area contributed by atoms with Crippen molar-refractivity contribution in [1.29, 1.82) is 0 Å². The zero-order valence-electron chi connectivity index (χ0n) is 11.3. The van der Waals surface area contributed by atoms with Gasteiger partial charge in [-0.15, -0.1) is 0 Å². The summed E-state index contributed by atoms with van der Waals surface area (Å²) >= 11 is 0. The average molecular weight is 280 g/mol. The molecule has 0 saturated heterocycles. The predicted octanol–water partition coefficient (Wildman–Crippen LogP) is 3.51. The number of rotatable bonds is 4. The average Bonchev–Trinajstić information content (AvgIpc) is 2.44. The summed E-state index contributed by atoms with van der Waals surface area (Å²) < 4.78 is 41.6. The van der Waals surface area contributed by atoms with E-state index in [1.165, 1.54) is 37.4 Å². The minimum absolute atomic E-state index is 0.0487. The van der Waals surface area contributed by atoms with Crippen LogP contribution in [0.3, 0.4) is 0 Å². The maximum atomic E-state index is 14.1. The Bertz CT molecular complexity index is 614. The second-order valence-corrected chi connectivity index (χ2v) is 4.46. The number of benzene rings is 1. The molecule has 1 heterocycles. The van der Waals surface area contributed by atoms with E-state index in [-0.39, 0.29) is 16.8 Å². The zero-order chi connectivity index (χ0) is 14.7. The van der Waals surface area contributed by atoms with E-state index in [0.29, 0.717) is 6.54 Å². The highest BCUT2D eigenvalue weighted by Gasteiger charge is 2.23. The van der Waals surface area contributed by atoms with Gasteiger partial charge in [0.15, 0.2) is 11.6 Å². The van der Waals surface area contributed by atoms with Gasteiger partial charge in [0.25, 0.3) is 0 Å². The zero-order valence-corrected chi connectivity index (χ0v) is 11.3. The lowest BCUT2D eigenvalue weighted by atomic mass is 10.00. The van der Waals surface area contributed by atoms with Gasteiger partial charge in [-0.3, -0.25) is 4.98 Å². The lowest BCUT2D eigenvalue weighted by Crippen LogP contribution is -2.25. The normalized spacial score (nSPS) is 12.4. The molecule has 0 spiro atoms. The van der Waals surface area contributed by atoms with E-state index in [4.69, 9.17) is 0 Å². The van der Waals surface area contributed by atoms with Crippen LogP contribution in [0.2, 0.25) is 0 Å². The van der Waals surface area contributed by atoms with Crippen molar-refractivity contribution in [3.63, 3.8) is 0 Å². The number of nitrogens with one attached hydrogen (secondary N) is 1. The summed E-state index contributed by atoms with van der Waals surface area (Å²) in [6, 6.07) is 4.80. The highest BCUT2D eigenvalue weighted by Crippen LogP contribution is 2.27. The van der Waals surface area contributed by atoms with Gasteiger partial charge in [0.2, 0.25) is 0 Å². The van der Waals surface area contributed by atoms with E-state index in [1.54, 1.807) is 6.92 Å². The van der Waals surface area contributed by atoms with Gasteiger partial charge >= 0.3 is 0 Å². The van der Waals surface area contributed by atoms with Crippen LogP contribution in [-0.2, 0) is 0 Å². The predicted molar refractivity (Wildman–Crippen MR) is 70.8 cm³/mol. The molecule has 0 bridgehead atoms. The monoisotopic (exact) mass is 280 g/mol. The second kappa shape index (κ2) is 6.05. The molecule has 1 unspecified atom stereocenters. The smallest absolute Gasteiger partial charge is 0.164 e. The van der Waals surface area contributed by atoms with Crippen molar-refractivity contribution < 1.29 is 13.2 Å². The van der Waals surface area contributed by atoms with Crippen LogP contribution in [0.5, 0.6) is 0 Å². The number of pyridine rings is 1. The van der Waals surface area contributed by atoms with Crippen molar-refractivity contribution in [3.05, 3.63) is 64.7 Å². The Morgan fingerprint density at radius 3 is 2.55 bits per heavy atom. The summed E-state index contributed by atoms with van der Waals surface area (Å²) in [4.78, 5) is 3.94. The molecule has 0 fully saturated rings. The molecule has 0 radical (unpaired) electrons. The van der Waals surface area contributed by atoms with E-state index < -0.39 is 23.5 Å². The fourth-order valence-electron chi connectivity index (χ4n) is 2.05. The van der Waals surface area contributed by atoms with Crippen LogP contribution in [0.1, 0.15) is 29.8 Å². The van der Waals surface area contributed by atoms with Gasteiger partial charge in [0.1, 0.15) is 5.82 Å². The summed E-state index contributed by atoms with van der Waals surface area (Å²) in [7, 11) is 0. The van der Waals surface area contributed by atoms with E-state index in [2.05, 4.69) is 10.3 Å². The molecule has 0 amide bonds. The first kappa shape index (κ1) is 14.5. The summed E-state index contributed by atoms with van der Waals surface area (Å²) in [6.07, 6.45) is 1.42. The molecule has 2 nitrogen and oxygen atoms in total. The highest BCUT2D eigenvalue weighted by atomic mass is 19.2. The molecule has 1 atom stereocenters. The minimum atomic E-state index is -0.971. The molecule has 106 valence electrons. The lowest BCUT2D eigenvalue weighted by molar-refractivity contribution is 0.469. The van der Waals surface area contributed by atoms with Crippen molar-refractivity contribution in [3.8, 4) is 0 Å². The Kier molecular flexibility index (Phi) is 4.39. The van der Waals surface area contributed by atoms with E-state index in [1.807, 2.05) is 0 Å². The summed E-state index contributed by atoms with van der Waals surface area (Å²) in [5.41, 5.74) is 0.312. The fraction of sp³-hybridized carbons (Fsp3) is 0.267. The molecule has 1 N–H and O–H groups in total. The van der Waals surface area contributed by atoms with Crippen LogP contribution in [0.15, 0.2) is 30.5 Å². The first-order valence-corrected chi connectivity index (χ1v) is 6.34. The maximum Gasteiger partial charge on any atom is 0.164 e. The van der Waals surface area contributed by atoms with Crippen LogP contribution in [0.4, 0.5) is 13.2 Å². The Morgan fingerprint density at radius 2 is 1.90 bits per heavy atom. The lowest BCUT2D eigenvalue weighted by Gasteiger charge is -2.19. The molecule has 20 heavy (non-hydrogen) atoms. The van der Waals surface area contributed by atoms with Gasteiger partial charge in [-0.1, -0.05) is 19.1 Å². The Labute approximate surface area is 115 Å². The molecule has 0 aliphatic heterocycles.